The van der Waals surface area contributed by atoms with Gasteiger partial charge in [-0.1, -0.05) is 6.92 Å². The molecule has 5 nitrogen and oxygen atoms in total. The number of rotatable bonds is 5. The zero-order valence-electron chi connectivity index (χ0n) is 17.7. The summed E-state index contributed by atoms with van der Waals surface area (Å²) in [7, 11) is 0. The number of alkyl halides is 4. The number of carbonyl (C=O) groups is 2. The molecule has 29 heavy (non-hydrogen) atoms. The van der Waals surface area contributed by atoms with Crippen LogP contribution in [0.1, 0.15) is 67.2 Å². The quantitative estimate of drug-likeness (QED) is 0.438. The minimum Gasteiger partial charge on any atom is -0.460 e. The minimum atomic E-state index is -4.80. The largest absolute Gasteiger partial charge is 0.509 e. The molecule has 2 fully saturated rings. The van der Waals surface area contributed by atoms with E-state index in [1.807, 2.05) is 0 Å². The van der Waals surface area contributed by atoms with Gasteiger partial charge in [0.25, 0.3) is 0 Å². The highest BCUT2D eigenvalue weighted by Gasteiger charge is 2.66. The molecule has 9 heteroatoms. The molecular weight excluding hydrogens is 396 g/mol. The van der Waals surface area contributed by atoms with E-state index in [9.17, 15) is 27.2 Å². The Morgan fingerprint density at radius 3 is 1.90 bits per heavy atom. The number of fused-ring (bicyclic) bond motifs is 2. The van der Waals surface area contributed by atoms with Crippen molar-refractivity contribution in [3.05, 3.63) is 0 Å². The number of ether oxygens (including phenoxy) is 3. The third kappa shape index (κ3) is 4.97. The first-order chi connectivity index (χ1) is 13.0. The normalized spacial score (nSPS) is 31.0. The van der Waals surface area contributed by atoms with Gasteiger partial charge in [-0.3, -0.25) is 0 Å². The van der Waals surface area contributed by atoms with Gasteiger partial charge < -0.3 is 14.2 Å². The van der Waals surface area contributed by atoms with E-state index in [4.69, 9.17) is 14.2 Å². The van der Waals surface area contributed by atoms with Crippen LogP contribution in [0.15, 0.2) is 0 Å². The molecule has 0 amide bonds. The van der Waals surface area contributed by atoms with Gasteiger partial charge in [-0.15, -0.1) is 0 Å². The molecule has 0 aromatic heterocycles. The second-order valence-electron chi connectivity index (χ2n) is 9.50. The Kier molecular flexibility index (Phi) is 6.23. The highest BCUT2D eigenvalue weighted by Crippen LogP contribution is 2.57. The molecule has 0 aliphatic heterocycles. The first-order valence-corrected chi connectivity index (χ1v) is 9.89. The Morgan fingerprint density at radius 1 is 0.897 bits per heavy atom. The fourth-order valence-electron chi connectivity index (χ4n) is 4.23. The van der Waals surface area contributed by atoms with E-state index in [1.165, 1.54) is 27.7 Å². The molecule has 0 radical (unpaired) electrons. The highest BCUT2D eigenvalue weighted by atomic mass is 19.4. The zero-order valence-corrected chi connectivity index (χ0v) is 17.7. The van der Waals surface area contributed by atoms with E-state index < -0.39 is 53.1 Å². The summed E-state index contributed by atoms with van der Waals surface area (Å²) in [6.45, 7) is 8.10. The van der Waals surface area contributed by atoms with Crippen molar-refractivity contribution >= 4 is 12.1 Å². The van der Waals surface area contributed by atoms with Crippen LogP contribution in [0.2, 0.25) is 0 Å². The zero-order chi connectivity index (χ0) is 22.4. The molecule has 2 aliphatic carbocycles. The number of halogens is 4. The van der Waals surface area contributed by atoms with Crippen molar-refractivity contribution < 1.29 is 41.4 Å². The van der Waals surface area contributed by atoms with E-state index in [0.29, 0.717) is 6.42 Å². The van der Waals surface area contributed by atoms with Crippen LogP contribution in [0.3, 0.4) is 0 Å². The summed E-state index contributed by atoms with van der Waals surface area (Å²) >= 11 is 0. The summed E-state index contributed by atoms with van der Waals surface area (Å²) in [6.07, 6.45) is -6.19. The average Bonchev–Trinajstić information content (AvgIpc) is 3.11. The topological polar surface area (TPSA) is 61.8 Å². The third-order valence-electron chi connectivity index (χ3n) is 6.10. The fraction of sp³-hybridized carbons (Fsp3) is 0.900. The molecule has 0 heterocycles. The average molecular weight is 426 g/mol. The minimum absolute atomic E-state index is 0.0504. The third-order valence-corrected chi connectivity index (χ3v) is 6.10. The number of carbonyl (C=O) groups excluding carboxylic acids is 2. The van der Waals surface area contributed by atoms with Crippen LogP contribution in [-0.2, 0) is 19.0 Å². The first kappa shape index (κ1) is 23.7. The van der Waals surface area contributed by atoms with Crippen LogP contribution in [0.5, 0.6) is 0 Å². The predicted molar refractivity (Wildman–Crippen MR) is 95.8 cm³/mol. The molecule has 2 aliphatic rings. The second kappa shape index (κ2) is 7.61. The molecule has 6 atom stereocenters. The maximum Gasteiger partial charge on any atom is 0.509 e. The molecule has 0 aromatic rings. The van der Waals surface area contributed by atoms with Gasteiger partial charge in [-0.05, 0) is 72.1 Å². The Balaban J connectivity index is 2.12. The molecule has 0 spiro atoms. The summed E-state index contributed by atoms with van der Waals surface area (Å²) in [5, 5.41) is 0. The molecule has 2 rings (SSSR count). The lowest BCUT2D eigenvalue weighted by Gasteiger charge is -2.41. The second-order valence-corrected chi connectivity index (χ2v) is 9.50. The molecule has 2 bridgehead atoms. The fourth-order valence-corrected chi connectivity index (χ4v) is 4.23. The van der Waals surface area contributed by atoms with Crippen molar-refractivity contribution in [2.75, 3.05) is 0 Å². The molecule has 2 saturated carbocycles. The maximum absolute atomic E-state index is 14.1. The lowest BCUT2D eigenvalue weighted by molar-refractivity contribution is -0.283. The monoisotopic (exact) mass is 426 g/mol. The highest BCUT2D eigenvalue weighted by molar-refractivity contribution is 5.79. The van der Waals surface area contributed by atoms with E-state index in [1.54, 1.807) is 0 Å². The van der Waals surface area contributed by atoms with Gasteiger partial charge in [0.05, 0.1) is 0 Å². The molecule has 168 valence electrons. The van der Waals surface area contributed by atoms with Crippen LogP contribution in [0.4, 0.5) is 22.4 Å². The molecule has 0 N–H and O–H groups in total. The van der Waals surface area contributed by atoms with Gasteiger partial charge in [-0.25, -0.2) is 14.0 Å². The number of hydrogen-bond donors (Lipinski definition) is 0. The van der Waals surface area contributed by atoms with Gasteiger partial charge in [-0.2, -0.15) is 13.2 Å². The molecule has 6 unspecified atom stereocenters. The molecular formula is C20H30F4O5. The van der Waals surface area contributed by atoms with Crippen LogP contribution in [-0.4, -0.2) is 41.3 Å². The number of esters is 1. The summed E-state index contributed by atoms with van der Waals surface area (Å²) in [6, 6.07) is 0. The van der Waals surface area contributed by atoms with Gasteiger partial charge >= 0.3 is 18.3 Å². The summed E-state index contributed by atoms with van der Waals surface area (Å²) in [5.41, 5.74) is -5.83. The van der Waals surface area contributed by atoms with Crippen LogP contribution >= 0.6 is 0 Å². The van der Waals surface area contributed by atoms with Crippen molar-refractivity contribution in [2.24, 2.45) is 17.8 Å². The summed E-state index contributed by atoms with van der Waals surface area (Å²) in [4.78, 5) is 24.0. The molecule has 0 aromatic carbocycles. The van der Waals surface area contributed by atoms with E-state index in [-0.39, 0.29) is 25.2 Å². The van der Waals surface area contributed by atoms with Crippen molar-refractivity contribution in [3.63, 3.8) is 0 Å². The van der Waals surface area contributed by atoms with Gasteiger partial charge in [0.15, 0.2) is 0 Å². The van der Waals surface area contributed by atoms with Crippen LogP contribution in [0, 0.1) is 17.8 Å². The Bertz CT molecular complexity index is 640. The Hall–Kier alpha value is -1.54. The summed E-state index contributed by atoms with van der Waals surface area (Å²) in [5.74, 6) is -2.76. The van der Waals surface area contributed by atoms with E-state index >= 15 is 0 Å². The van der Waals surface area contributed by atoms with Crippen molar-refractivity contribution in [1.82, 2.24) is 0 Å². The Morgan fingerprint density at radius 2 is 1.48 bits per heavy atom. The van der Waals surface area contributed by atoms with Crippen molar-refractivity contribution in [2.45, 2.75) is 96.4 Å². The lowest BCUT2D eigenvalue weighted by Crippen LogP contribution is -2.55. The van der Waals surface area contributed by atoms with E-state index in [0.717, 1.165) is 13.8 Å². The van der Waals surface area contributed by atoms with Crippen LogP contribution in [0.25, 0.3) is 0 Å². The van der Waals surface area contributed by atoms with Crippen LogP contribution < -0.4 is 0 Å². The van der Waals surface area contributed by atoms with E-state index in [2.05, 4.69) is 0 Å². The van der Waals surface area contributed by atoms with Gasteiger partial charge in [0.1, 0.15) is 11.7 Å². The van der Waals surface area contributed by atoms with Crippen molar-refractivity contribution in [3.8, 4) is 0 Å². The standard InChI is InChI=1S/C20H30F4O5/c1-7-18(5,21)15(25)27-14-10-11-8-12(14)9-13(11)19(6,20(22,23)24)29-16(26)28-17(2,3)4/h11-14H,7-10H2,1-6H3. The Labute approximate surface area is 168 Å². The predicted octanol–water partition coefficient (Wildman–Crippen LogP) is 5.36. The molecule has 0 saturated heterocycles. The van der Waals surface area contributed by atoms with Gasteiger partial charge in [0.2, 0.25) is 11.3 Å². The van der Waals surface area contributed by atoms with Crippen molar-refractivity contribution in [1.29, 1.82) is 0 Å². The smallest absolute Gasteiger partial charge is 0.460 e. The SMILES string of the molecule is CCC(C)(F)C(=O)OC1CC2CC1CC2C(C)(OC(=O)OC(C)(C)C)C(F)(F)F. The number of hydrogen-bond acceptors (Lipinski definition) is 5. The first-order valence-electron chi connectivity index (χ1n) is 9.89. The van der Waals surface area contributed by atoms with Gasteiger partial charge in [0, 0.05) is 5.92 Å². The lowest BCUT2D eigenvalue weighted by atomic mass is 9.75. The maximum atomic E-state index is 14.1. The summed E-state index contributed by atoms with van der Waals surface area (Å²) < 4.78 is 70.9.